The molecule has 13 heavy (non-hydrogen) atoms. The second kappa shape index (κ2) is 4.53. The van der Waals surface area contributed by atoms with E-state index < -0.39 is 11.6 Å². The van der Waals surface area contributed by atoms with Gasteiger partial charge in [0.1, 0.15) is 11.6 Å². The summed E-state index contributed by atoms with van der Waals surface area (Å²) in [5.74, 6) is -1.17. The van der Waals surface area contributed by atoms with Crippen LogP contribution >= 0.6 is 11.6 Å². The monoisotopic (exact) mass is 205 g/mol. The maximum atomic E-state index is 13.1. The molecule has 1 rings (SSSR count). The maximum absolute atomic E-state index is 13.1. The van der Waals surface area contributed by atoms with Crippen LogP contribution in [0.15, 0.2) is 12.1 Å². The molecule has 0 radical (unpaired) electrons. The molecule has 0 heterocycles. The number of rotatable bonds is 3. The first-order valence-corrected chi connectivity index (χ1v) is 4.31. The summed E-state index contributed by atoms with van der Waals surface area (Å²) in [6.45, 7) is 0.537. The van der Waals surface area contributed by atoms with Crippen LogP contribution in [-0.4, -0.2) is 13.6 Å². The third-order valence-corrected chi connectivity index (χ3v) is 1.95. The molecule has 0 amide bonds. The van der Waals surface area contributed by atoms with Crippen LogP contribution in [0.4, 0.5) is 8.78 Å². The minimum absolute atomic E-state index is 0.0822. The van der Waals surface area contributed by atoms with Gasteiger partial charge in [-0.3, -0.25) is 0 Å². The Bertz CT molecular complexity index is 279. The molecule has 0 spiro atoms. The van der Waals surface area contributed by atoms with Crippen molar-refractivity contribution in [3.8, 4) is 0 Å². The SMILES string of the molecule is CNCCc1c(F)cc(Cl)cc1F. The van der Waals surface area contributed by atoms with Crippen molar-refractivity contribution in [2.24, 2.45) is 0 Å². The van der Waals surface area contributed by atoms with Gasteiger partial charge in [-0.05, 0) is 32.1 Å². The number of benzene rings is 1. The van der Waals surface area contributed by atoms with Crippen LogP contribution in [0, 0.1) is 11.6 Å². The number of halogens is 3. The average molecular weight is 206 g/mol. The van der Waals surface area contributed by atoms with E-state index in [1.165, 1.54) is 0 Å². The molecule has 0 aliphatic rings. The van der Waals surface area contributed by atoms with Crippen molar-refractivity contribution in [3.63, 3.8) is 0 Å². The molecule has 0 atom stereocenters. The lowest BCUT2D eigenvalue weighted by Crippen LogP contribution is -2.12. The Balaban J connectivity index is 2.92. The summed E-state index contributed by atoms with van der Waals surface area (Å²) >= 11 is 5.46. The van der Waals surface area contributed by atoms with E-state index in [0.717, 1.165) is 12.1 Å². The number of hydrogen-bond donors (Lipinski definition) is 1. The molecular formula is C9H10ClF2N. The van der Waals surface area contributed by atoms with Crippen molar-refractivity contribution in [2.75, 3.05) is 13.6 Å². The zero-order valence-corrected chi connectivity index (χ0v) is 7.96. The minimum Gasteiger partial charge on any atom is -0.319 e. The van der Waals surface area contributed by atoms with Crippen LogP contribution in [-0.2, 0) is 6.42 Å². The third-order valence-electron chi connectivity index (χ3n) is 1.73. The first kappa shape index (κ1) is 10.4. The first-order chi connectivity index (χ1) is 6.15. The van der Waals surface area contributed by atoms with Gasteiger partial charge in [0.2, 0.25) is 0 Å². The quantitative estimate of drug-likeness (QED) is 0.799. The summed E-state index contributed by atoms with van der Waals surface area (Å²) in [4.78, 5) is 0. The van der Waals surface area contributed by atoms with E-state index in [-0.39, 0.29) is 10.6 Å². The van der Waals surface area contributed by atoms with Crippen LogP contribution in [0.5, 0.6) is 0 Å². The van der Waals surface area contributed by atoms with Crippen LogP contribution < -0.4 is 5.32 Å². The number of hydrogen-bond acceptors (Lipinski definition) is 1. The average Bonchev–Trinajstić information content (AvgIpc) is 2.02. The van der Waals surface area contributed by atoms with Crippen LogP contribution in [0.2, 0.25) is 5.02 Å². The Hall–Kier alpha value is -0.670. The van der Waals surface area contributed by atoms with E-state index in [1.54, 1.807) is 7.05 Å². The smallest absolute Gasteiger partial charge is 0.130 e. The Morgan fingerprint density at radius 3 is 2.31 bits per heavy atom. The van der Waals surface area contributed by atoms with E-state index in [2.05, 4.69) is 5.32 Å². The van der Waals surface area contributed by atoms with Crippen molar-refractivity contribution in [3.05, 3.63) is 34.4 Å². The standard InChI is InChI=1S/C9H10ClF2N/c1-13-3-2-7-8(11)4-6(10)5-9(7)12/h4-5,13H,2-3H2,1H3. The predicted octanol–water partition coefficient (Wildman–Crippen LogP) is 2.38. The lowest BCUT2D eigenvalue weighted by Gasteiger charge is -2.04. The largest absolute Gasteiger partial charge is 0.319 e. The molecule has 0 saturated heterocycles. The van der Waals surface area contributed by atoms with E-state index in [0.29, 0.717) is 13.0 Å². The highest BCUT2D eigenvalue weighted by Crippen LogP contribution is 2.18. The molecule has 0 fully saturated rings. The van der Waals surface area contributed by atoms with Gasteiger partial charge in [0, 0.05) is 10.6 Å². The number of nitrogens with one attached hydrogen (secondary N) is 1. The molecular weight excluding hydrogens is 196 g/mol. The summed E-state index contributed by atoms with van der Waals surface area (Å²) in [6.07, 6.45) is 0.325. The van der Waals surface area contributed by atoms with Gasteiger partial charge in [-0.25, -0.2) is 8.78 Å². The molecule has 0 aromatic heterocycles. The molecule has 0 unspecified atom stereocenters. The summed E-state index contributed by atoms with van der Waals surface area (Å²) in [5.41, 5.74) is 0.0822. The highest BCUT2D eigenvalue weighted by atomic mass is 35.5. The summed E-state index contributed by atoms with van der Waals surface area (Å²) < 4.78 is 26.2. The molecule has 0 saturated carbocycles. The van der Waals surface area contributed by atoms with E-state index in [9.17, 15) is 8.78 Å². The molecule has 1 nitrogen and oxygen atoms in total. The molecule has 1 aromatic rings. The van der Waals surface area contributed by atoms with Crippen LogP contribution in [0.3, 0.4) is 0 Å². The van der Waals surface area contributed by atoms with Crippen molar-refractivity contribution < 1.29 is 8.78 Å². The normalized spacial score (nSPS) is 10.5. The highest BCUT2D eigenvalue weighted by Gasteiger charge is 2.09. The molecule has 0 aliphatic heterocycles. The first-order valence-electron chi connectivity index (χ1n) is 3.93. The molecule has 0 bridgehead atoms. The zero-order chi connectivity index (χ0) is 9.84. The van der Waals surface area contributed by atoms with Crippen molar-refractivity contribution in [1.29, 1.82) is 0 Å². The summed E-state index contributed by atoms with van der Waals surface area (Å²) in [7, 11) is 1.73. The van der Waals surface area contributed by atoms with Gasteiger partial charge in [-0.2, -0.15) is 0 Å². The molecule has 4 heteroatoms. The Kier molecular flexibility index (Phi) is 3.63. The van der Waals surface area contributed by atoms with Gasteiger partial charge < -0.3 is 5.32 Å². The lowest BCUT2D eigenvalue weighted by molar-refractivity contribution is 0.551. The van der Waals surface area contributed by atoms with Gasteiger partial charge in [0.15, 0.2) is 0 Å². The molecule has 72 valence electrons. The second-order valence-corrected chi connectivity index (χ2v) is 3.14. The molecule has 0 aliphatic carbocycles. The van der Waals surface area contributed by atoms with E-state index >= 15 is 0 Å². The lowest BCUT2D eigenvalue weighted by atomic mass is 10.1. The Morgan fingerprint density at radius 1 is 1.31 bits per heavy atom. The summed E-state index contributed by atoms with van der Waals surface area (Å²) in [6, 6.07) is 2.24. The maximum Gasteiger partial charge on any atom is 0.130 e. The summed E-state index contributed by atoms with van der Waals surface area (Å²) in [5, 5.41) is 2.91. The fourth-order valence-corrected chi connectivity index (χ4v) is 1.25. The van der Waals surface area contributed by atoms with Crippen molar-refractivity contribution in [2.45, 2.75) is 6.42 Å². The fourth-order valence-electron chi connectivity index (χ4n) is 1.06. The van der Waals surface area contributed by atoms with Crippen LogP contribution in [0.1, 0.15) is 5.56 Å². The van der Waals surface area contributed by atoms with E-state index in [1.807, 2.05) is 0 Å². The minimum atomic E-state index is -0.583. The third kappa shape index (κ3) is 2.64. The van der Waals surface area contributed by atoms with Crippen LogP contribution in [0.25, 0.3) is 0 Å². The second-order valence-electron chi connectivity index (χ2n) is 2.70. The van der Waals surface area contributed by atoms with Crippen molar-refractivity contribution >= 4 is 11.6 Å². The topological polar surface area (TPSA) is 12.0 Å². The fraction of sp³-hybridized carbons (Fsp3) is 0.333. The Labute approximate surface area is 80.7 Å². The zero-order valence-electron chi connectivity index (χ0n) is 7.20. The molecule has 1 N–H and O–H groups in total. The van der Waals surface area contributed by atoms with Gasteiger partial charge in [0.05, 0.1) is 0 Å². The highest BCUT2D eigenvalue weighted by molar-refractivity contribution is 6.30. The predicted molar refractivity (Wildman–Crippen MR) is 49.0 cm³/mol. The van der Waals surface area contributed by atoms with Crippen molar-refractivity contribution in [1.82, 2.24) is 5.32 Å². The van der Waals surface area contributed by atoms with Gasteiger partial charge in [0.25, 0.3) is 0 Å². The van der Waals surface area contributed by atoms with E-state index in [4.69, 9.17) is 11.6 Å². The molecule has 1 aromatic carbocycles. The van der Waals surface area contributed by atoms with Gasteiger partial charge in [-0.15, -0.1) is 0 Å². The number of likely N-dealkylation sites (N-methyl/N-ethyl adjacent to an activating group) is 1. The Morgan fingerprint density at radius 2 is 1.85 bits per heavy atom. The van der Waals surface area contributed by atoms with Gasteiger partial charge in [-0.1, -0.05) is 11.6 Å². The van der Waals surface area contributed by atoms with Gasteiger partial charge >= 0.3 is 0 Å².